The average Bonchev–Trinajstić information content (AvgIpc) is 3.15. The van der Waals surface area contributed by atoms with Gasteiger partial charge < -0.3 is 24.0 Å². The Bertz CT molecular complexity index is 1040. The van der Waals surface area contributed by atoms with E-state index in [1.165, 1.54) is 30.4 Å². The zero-order valence-corrected chi connectivity index (χ0v) is 23.7. The van der Waals surface area contributed by atoms with Crippen LogP contribution in [-0.2, 0) is 15.0 Å². The summed E-state index contributed by atoms with van der Waals surface area (Å²) in [6.45, 7) is 2.66. The van der Waals surface area contributed by atoms with E-state index < -0.39 is 0 Å². The van der Waals surface area contributed by atoms with Crippen molar-refractivity contribution in [1.29, 1.82) is 0 Å². The van der Waals surface area contributed by atoms with E-state index in [1.807, 2.05) is 6.07 Å². The average molecular weight is 524 g/mol. The van der Waals surface area contributed by atoms with Gasteiger partial charge in [0.05, 0.1) is 11.6 Å². The van der Waals surface area contributed by atoms with Crippen molar-refractivity contribution in [3.8, 4) is 5.75 Å². The smallest absolute Gasteiger partial charge is 0.320 e. The second-order valence-electron chi connectivity index (χ2n) is 11.9. The lowest BCUT2D eigenvalue weighted by molar-refractivity contribution is 0.0155. The SMILES string of the molecule is COCOc1cccc(C2(N(C)C)CCC3(CC2)CN(CC2=CCC(OC)C=C2)C(=O)N3CC2CCC2)c1. The number of ether oxygens (including phenoxy) is 3. The molecule has 7 heteroatoms. The van der Waals surface area contributed by atoms with Crippen molar-refractivity contribution < 1.29 is 19.0 Å². The summed E-state index contributed by atoms with van der Waals surface area (Å²) in [4.78, 5) is 20.7. The number of urea groups is 1. The second kappa shape index (κ2) is 11.4. The molecule has 38 heavy (non-hydrogen) atoms. The van der Waals surface area contributed by atoms with Crippen LogP contribution in [0.5, 0.6) is 5.75 Å². The Morgan fingerprint density at radius 1 is 1.11 bits per heavy atom. The van der Waals surface area contributed by atoms with Gasteiger partial charge in [0.2, 0.25) is 0 Å². The lowest BCUT2D eigenvalue weighted by atomic mass is 9.68. The summed E-state index contributed by atoms with van der Waals surface area (Å²) in [6.07, 6.45) is 15.3. The molecule has 1 aromatic carbocycles. The molecule has 0 bridgehead atoms. The largest absolute Gasteiger partial charge is 0.468 e. The van der Waals surface area contributed by atoms with Gasteiger partial charge in [0.25, 0.3) is 0 Å². The topological polar surface area (TPSA) is 54.5 Å². The van der Waals surface area contributed by atoms with E-state index in [0.29, 0.717) is 12.5 Å². The van der Waals surface area contributed by atoms with Crippen LogP contribution in [0.2, 0.25) is 0 Å². The molecule has 7 nitrogen and oxygen atoms in total. The summed E-state index contributed by atoms with van der Waals surface area (Å²) in [5.41, 5.74) is 2.33. The van der Waals surface area contributed by atoms with Gasteiger partial charge in [-0.15, -0.1) is 0 Å². The first-order chi connectivity index (χ1) is 18.4. The number of carbonyl (C=O) groups is 1. The van der Waals surface area contributed by atoms with E-state index in [-0.39, 0.29) is 30.0 Å². The molecule has 4 aliphatic rings. The van der Waals surface area contributed by atoms with E-state index in [1.54, 1.807) is 14.2 Å². The van der Waals surface area contributed by atoms with Gasteiger partial charge in [0.15, 0.2) is 6.79 Å². The molecule has 0 aromatic heterocycles. The van der Waals surface area contributed by atoms with Gasteiger partial charge in [-0.3, -0.25) is 4.90 Å². The molecule has 0 N–H and O–H groups in total. The molecule has 1 aromatic rings. The van der Waals surface area contributed by atoms with Crippen LogP contribution >= 0.6 is 0 Å². The highest BCUT2D eigenvalue weighted by atomic mass is 16.7. The molecule has 3 fully saturated rings. The summed E-state index contributed by atoms with van der Waals surface area (Å²) in [5.74, 6) is 1.49. The Morgan fingerprint density at radius 2 is 1.89 bits per heavy atom. The molecule has 1 heterocycles. The number of nitrogens with zero attached hydrogens (tertiary/aromatic N) is 3. The maximum Gasteiger partial charge on any atom is 0.320 e. The molecule has 2 amide bonds. The molecule has 5 rings (SSSR count). The number of hydrogen-bond acceptors (Lipinski definition) is 5. The first kappa shape index (κ1) is 27.2. The molecule has 1 aliphatic heterocycles. The fourth-order valence-electron chi connectivity index (χ4n) is 6.92. The van der Waals surface area contributed by atoms with Gasteiger partial charge in [0.1, 0.15) is 5.75 Å². The lowest BCUT2D eigenvalue weighted by Gasteiger charge is -2.51. The fourth-order valence-corrected chi connectivity index (χ4v) is 6.92. The highest BCUT2D eigenvalue weighted by molar-refractivity contribution is 5.79. The van der Waals surface area contributed by atoms with E-state index in [2.05, 4.69) is 65.2 Å². The zero-order chi connectivity index (χ0) is 26.8. The first-order valence-electron chi connectivity index (χ1n) is 14.3. The monoisotopic (exact) mass is 523 g/mol. The van der Waals surface area contributed by atoms with Crippen molar-refractivity contribution >= 4 is 6.03 Å². The van der Waals surface area contributed by atoms with Gasteiger partial charge >= 0.3 is 6.03 Å². The Hall–Kier alpha value is -2.35. The standard InChI is InChI=1S/C31H45N3O4/c1-32(2)31(26-9-6-10-28(19-26)38-23-36-3)17-15-30(16-18-31)22-33(20-25-11-13-27(37-4)14-12-25)29(35)34(30)21-24-7-5-8-24/h6,9-13,19,24,27H,5,7-8,14-18,20-23H2,1-4H3. The van der Waals surface area contributed by atoms with Gasteiger partial charge in [-0.1, -0.05) is 36.8 Å². The van der Waals surface area contributed by atoms with Crippen LogP contribution in [0, 0.1) is 5.92 Å². The van der Waals surface area contributed by atoms with Crippen molar-refractivity contribution in [2.75, 3.05) is 54.7 Å². The van der Waals surface area contributed by atoms with Gasteiger partial charge in [-0.05, 0) is 88.2 Å². The third-order valence-electron chi connectivity index (χ3n) is 9.62. The molecule has 1 saturated heterocycles. The molecule has 1 unspecified atom stereocenters. The zero-order valence-electron chi connectivity index (χ0n) is 23.7. The summed E-state index contributed by atoms with van der Waals surface area (Å²) in [5, 5.41) is 0. The van der Waals surface area contributed by atoms with E-state index in [9.17, 15) is 4.79 Å². The number of rotatable bonds is 10. The molecule has 1 atom stereocenters. The van der Waals surface area contributed by atoms with Crippen molar-refractivity contribution in [1.82, 2.24) is 14.7 Å². The van der Waals surface area contributed by atoms with Crippen molar-refractivity contribution in [3.05, 3.63) is 53.6 Å². The molecular formula is C31H45N3O4. The van der Waals surface area contributed by atoms with Crippen LogP contribution in [0.25, 0.3) is 0 Å². The minimum Gasteiger partial charge on any atom is -0.468 e. The Balaban J connectivity index is 1.36. The molecule has 1 spiro atoms. The van der Waals surface area contributed by atoms with Gasteiger partial charge in [-0.2, -0.15) is 0 Å². The third kappa shape index (κ3) is 5.25. The van der Waals surface area contributed by atoms with Crippen molar-refractivity contribution in [2.45, 2.75) is 68.5 Å². The van der Waals surface area contributed by atoms with Crippen LogP contribution in [0.1, 0.15) is 56.9 Å². The van der Waals surface area contributed by atoms with Crippen LogP contribution in [0.3, 0.4) is 0 Å². The highest BCUT2D eigenvalue weighted by Gasteiger charge is 2.55. The van der Waals surface area contributed by atoms with Crippen LogP contribution in [0.15, 0.2) is 48.1 Å². The van der Waals surface area contributed by atoms with E-state index >= 15 is 0 Å². The lowest BCUT2D eigenvalue weighted by Crippen LogP contribution is -2.56. The Labute approximate surface area is 228 Å². The van der Waals surface area contributed by atoms with Crippen LogP contribution < -0.4 is 4.74 Å². The van der Waals surface area contributed by atoms with Gasteiger partial charge in [0, 0.05) is 39.4 Å². The van der Waals surface area contributed by atoms with Crippen molar-refractivity contribution in [3.63, 3.8) is 0 Å². The predicted octanol–water partition coefficient (Wildman–Crippen LogP) is 5.18. The quantitative estimate of drug-likeness (QED) is 0.396. The molecule has 2 saturated carbocycles. The fraction of sp³-hybridized carbons (Fsp3) is 0.645. The van der Waals surface area contributed by atoms with E-state index in [4.69, 9.17) is 14.2 Å². The number of carbonyl (C=O) groups excluding carboxylic acids is 1. The maximum absolute atomic E-state index is 13.9. The summed E-state index contributed by atoms with van der Waals surface area (Å²) in [6, 6.07) is 8.70. The van der Waals surface area contributed by atoms with Gasteiger partial charge in [-0.25, -0.2) is 4.79 Å². The summed E-state index contributed by atoms with van der Waals surface area (Å²) >= 11 is 0. The first-order valence-corrected chi connectivity index (χ1v) is 14.3. The number of benzene rings is 1. The number of hydrogen-bond donors (Lipinski definition) is 0. The minimum atomic E-state index is -0.0929. The summed E-state index contributed by atoms with van der Waals surface area (Å²) < 4.78 is 16.4. The highest BCUT2D eigenvalue weighted by Crippen LogP contribution is 2.50. The Morgan fingerprint density at radius 3 is 2.50 bits per heavy atom. The van der Waals surface area contributed by atoms with Crippen LogP contribution in [0.4, 0.5) is 4.79 Å². The molecule has 0 radical (unpaired) electrons. The normalized spacial score (nSPS) is 29.8. The Kier molecular flexibility index (Phi) is 8.17. The maximum atomic E-state index is 13.9. The van der Waals surface area contributed by atoms with E-state index in [0.717, 1.165) is 50.9 Å². The molecule has 208 valence electrons. The molecular weight excluding hydrogens is 478 g/mol. The second-order valence-corrected chi connectivity index (χ2v) is 11.9. The predicted molar refractivity (Wildman–Crippen MR) is 149 cm³/mol. The minimum absolute atomic E-state index is 0.0832. The number of amides is 2. The molecule has 3 aliphatic carbocycles. The third-order valence-corrected chi connectivity index (χ3v) is 9.62. The summed E-state index contributed by atoms with van der Waals surface area (Å²) in [7, 11) is 7.77. The van der Waals surface area contributed by atoms with Crippen LogP contribution in [-0.4, -0.2) is 87.1 Å². The number of methoxy groups -OCH3 is 2. The van der Waals surface area contributed by atoms with Crippen molar-refractivity contribution in [2.24, 2.45) is 5.92 Å².